The van der Waals surface area contributed by atoms with Crippen molar-refractivity contribution in [2.45, 2.75) is 59.2 Å². The summed E-state index contributed by atoms with van der Waals surface area (Å²) >= 11 is 6.10. The molecular weight excluding hydrogens is 546 g/mol. The molecule has 0 aromatic heterocycles. The Morgan fingerprint density at radius 1 is 0.925 bits per heavy atom. The van der Waals surface area contributed by atoms with Gasteiger partial charge in [0.25, 0.3) is 0 Å². The van der Waals surface area contributed by atoms with Crippen LogP contribution in [0.2, 0.25) is 5.02 Å². The lowest BCUT2D eigenvalue weighted by molar-refractivity contribution is -0.140. The van der Waals surface area contributed by atoms with Crippen LogP contribution < -0.4 is 9.62 Å². The Labute approximate surface area is 243 Å². The molecule has 3 aromatic rings. The fourth-order valence-corrected chi connectivity index (χ4v) is 5.24. The van der Waals surface area contributed by atoms with Gasteiger partial charge in [0.2, 0.25) is 21.8 Å². The third kappa shape index (κ3) is 8.57. The maximum Gasteiger partial charge on any atom is 0.244 e. The number of hydrogen-bond acceptors (Lipinski definition) is 4. The second-order valence-electron chi connectivity index (χ2n) is 10.2. The Morgan fingerprint density at radius 2 is 1.57 bits per heavy atom. The van der Waals surface area contributed by atoms with Gasteiger partial charge in [0.05, 0.1) is 11.9 Å². The number of aryl methyl sites for hydroxylation is 2. The van der Waals surface area contributed by atoms with Gasteiger partial charge in [-0.05, 0) is 73.7 Å². The van der Waals surface area contributed by atoms with Gasteiger partial charge >= 0.3 is 0 Å². The molecule has 0 heterocycles. The predicted molar refractivity (Wildman–Crippen MR) is 162 cm³/mol. The summed E-state index contributed by atoms with van der Waals surface area (Å²) in [5, 5.41) is 3.57. The van der Waals surface area contributed by atoms with Gasteiger partial charge in [-0.2, -0.15) is 0 Å². The smallest absolute Gasteiger partial charge is 0.244 e. The van der Waals surface area contributed by atoms with Gasteiger partial charge in [0, 0.05) is 24.0 Å². The van der Waals surface area contributed by atoms with Crippen molar-refractivity contribution < 1.29 is 18.0 Å². The van der Waals surface area contributed by atoms with Gasteiger partial charge in [-0.25, -0.2) is 8.42 Å². The van der Waals surface area contributed by atoms with Crippen LogP contribution in [0.3, 0.4) is 0 Å². The first-order chi connectivity index (χ1) is 18.9. The molecule has 0 radical (unpaired) electrons. The number of rotatable bonds is 12. The number of halogens is 1. The highest BCUT2D eigenvalue weighted by Crippen LogP contribution is 2.23. The number of carbonyl (C=O) groups excluding carboxylic acids is 2. The quantitative estimate of drug-likeness (QED) is 0.314. The minimum absolute atomic E-state index is 0.0960. The zero-order valence-electron chi connectivity index (χ0n) is 23.7. The minimum Gasteiger partial charge on any atom is -0.352 e. The topological polar surface area (TPSA) is 86.8 Å². The van der Waals surface area contributed by atoms with E-state index in [1.807, 2.05) is 64.1 Å². The van der Waals surface area contributed by atoms with E-state index in [0.29, 0.717) is 10.7 Å². The summed E-state index contributed by atoms with van der Waals surface area (Å²) in [7, 11) is -3.81. The average Bonchev–Trinajstić information content (AvgIpc) is 2.91. The maximum atomic E-state index is 14.1. The fraction of sp³-hybridized carbons (Fsp3) is 0.355. The molecule has 3 rings (SSSR count). The summed E-state index contributed by atoms with van der Waals surface area (Å²) in [5.74, 6) is -0.781. The lowest BCUT2D eigenvalue weighted by Gasteiger charge is -2.34. The molecule has 0 aliphatic rings. The fourth-order valence-electron chi connectivity index (χ4n) is 4.28. The van der Waals surface area contributed by atoms with Crippen molar-refractivity contribution in [1.82, 2.24) is 10.2 Å². The normalized spacial score (nSPS) is 12.8. The summed E-state index contributed by atoms with van der Waals surface area (Å²) in [5.41, 5.74) is 3.97. The molecule has 0 aliphatic heterocycles. The van der Waals surface area contributed by atoms with E-state index in [-0.39, 0.29) is 24.9 Å². The van der Waals surface area contributed by atoms with Crippen molar-refractivity contribution in [3.8, 4) is 0 Å². The van der Waals surface area contributed by atoms with Crippen molar-refractivity contribution in [3.63, 3.8) is 0 Å². The molecule has 0 aliphatic carbocycles. The molecule has 7 nitrogen and oxygen atoms in total. The van der Waals surface area contributed by atoms with E-state index >= 15 is 0 Å². The van der Waals surface area contributed by atoms with Crippen molar-refractivity contribution in [1.29, 1.82) is 0 Å². The van der Waals surface area contributed by atoms with E-state index in [1.54, 1.807) is 36.4 Å². The average molecular weight is 584 g/mol. The largest absolute Gasteiger partial charge is 0.352 e. The highest BCUT2D eigenvalue weighted by atomic mass is 35.5. The summed E-state index contributed by atoms with van der Waals surface area (Å²) < 4.78 is 26.9. The van der Waals surface area contributed by atoms with Crippen molar-refractivity contribution in [3.05, 3.63) is 100 Å². The molecule has 2 atom stereocenters. The van der Waals surface area contributed by atoms with Crippen molar-refractivity contribution >= 4 is 39.1 Å². The van der Waals surface area contributed by atoms with Crippen molar-refractivity contribution in [2.24, 2.45) is 0 Å². The van der Waals surface area contributed by atoms with Crippen LogP contribution in [0.25, 0.3) is 0 Å². The molecule has 9 heteroatoms. The van der Waals surface area contributed by atoms with Crippen LogP contribution in [0, 0.1) is 13.8 Å². The first kappa shape index (κ1) is 31.2. The summed E-state index contributed by atoms with van der Waals surface area (Å²) in [6, 6.07) is 20.8. The molecule has 0 saturated carbocycles. The van der Waals surface area contributed by atoms with Crippen LogP contribution in [-0.2, 0) is 32.6 Å². The number of nitrogens with one attached hydrogen (secondary N) is 1. The Kier molecular flexibility index (Phi) is 10.8. The van der Waals surface area contributed by atoms with E-state index in [9.17, 15) is 18.0 Å². The number of carbonyl (C=O) groups is 2. The highest BCUT2D eigenvalue weighted by molar-refractivity contribution is 7.92. The van der Waals surface area contributed by atoms with Gasteiger partial charge in [-0.15, -0.1) is 0 Å². The minimum atomic E-state index is -3.81. The molecule has 40 heavy (non-hydrogen) atoms. The maximum absolute atomic E-state index is 14.1. The third-order valence-corrected chi connectivity index (χ3v) is 8.39. The zero-order chi connectivity index (χ0) is 29.4. The van der Waals surface area contributed by atoms with Crippen LogP contribution in [-0.4, -0.2) is 50.0 Å². The Hall–Kier alpha value is -3.36. The van der Waals surface area contributed by atoms with Crippen LogP contribution in [0.15, 0.2) is 72.8 Å². The lowest BCUT2D eigenvalue weighted by Crippen LogP contribution is -2.54. The first-order valence-corrected chi connectivity index (χ1v) is 15.5. The monoisotopic (exact) mass is 583 g/mol. The molecule has 2 unspecified atom stereocenters. The van der Waals surface area contributed by atoms with Crippen LogP contribution in [0.4, 0.5) is 5.69 Å². The predicted octanol–water partition coefficient (Wildman–Crippen LogP) is 5.28. The van der Waals surface area contributed by atoms with Gasteiger partial charge in [0.15, 0.2) is 0 Å². The lowest BCUT2D eigenvalue weighted by atomic mass is 10.0. The molecule has 0 bridgehead atoms. The molecule has 0 saturated heterocycles. The highest BCUT2D eigenvalue weighted by Gasteiger charge is 2.33. The second kappa shape index (κ2) is 13.8. The molecule has 1 N–H and O–H groups in total. The molecule has 2 amide bonds. The number of amides is 2. The number of sulfonamides is 1. The Morgan fingerprint density at radius 3 is 2.15 bits per heavy atom. The standard InChI is InChI=1S/C31H38ClN3O4S/c1-6-24(4)33-31(37)29(19-25-10-8-7-9-11-25)34(20-26-13-15-27(32)16-14-26)30(36)21-35(40(5,38)39)28-17-12-22(2)23(3)18-28/h7-18,24,29H,6,19-21H2,1-5H3,(H,33,37). The van der Waals surface area contributed by atoms with Crippen LogP contribution in [0.5, 0.6) is 0 Å². The van der Waals surface area contributed by atoms with Crippen LogP contribution in [0.1, 0.15) is 42.5 Å². The van der Waals surface area contributed by atoms with Crippen LogP contribution >= 0.6 is 11.6 Å². The summed E-state index contributed by atoms with van der Waals surface area (Å²) in [6.07, 6.45) is 2.07. The van der Waals surface area contributed by atoms with Gasteiger partial charge in [-0.3, -0.25) is 13.9 Å². The third-order valence-electron chi connectivity index (χ3n) is 7.00. The molecule has 0 fully saturated rings. The SMILES string of the molecule is CCC(C)NC(=O)C(Cc1ccccc1)N(Cc1ccc(Cl)cc1)C(=O)CN(c1ccc(C)c(C)c1)S(C)(=O)=O. The van der Waals surface area contributed by atoms with E-state index in [1.165, 1.54) is 4.90 Å². The van der Waals surface area contributed by atoms with Crippen molar-refractivity contribution in [2.75, 3.05) is 17.1 Å². The molecule has 214 valence electrons. The number of hydrogen-bond donors (Lipinski definition) is 1. The number of nitrogens with zero attached hydrogens (tertiary/aromatic N) is 2. The van der Waals surface area contributed by atoms with E-state index in [4.69, 9.17) is 11.6 Å². The molecule has 0 spiro atoms. The Bertz CT molecular complexity index is 1410. The van der Waals surface area contributed by atoms with E-state index in [0.717, 1.165) is 39.2 Å². The number of benzene rings is 3. The van der Waals surface area contributed by atoms with E-state index < -0.39 is 28.5 Å². The molecule has 3 aromatic carbocycles. The summed E-state index contributed by atoms with van der Waals surface area (Å²) in [6.45, 7) is 7.37. The van der Waals surface area contributed by atoms with Gasteiger partial charge in [-0.1, -0.05) is 67.1 Å². The van der Waals surface area contributed by atoms with Gasteiger partial charge < -0.3 is 10.2 Å². The number of anilines is 1. The van der Waals surface area contributed by atoms with E-state index in [2.05, 4.69) is 5.32 Å². The zero-order valence-corrected chi connectivity index (χ0v) is 25.3. The Balaban J connectivity index is 2.06. The molecular formula is C31H38ClN3O4S. The second-order valence-corrected chi connectivity index (χ2v) is 12.6. The van der Waals surface area contributed by atoms with Gasteiger partial charge in [0.1, 0.15) is 12.6 Å². The first-order valence-electron chi connectivity index (χ1n) is 13.3. The summed E-state index contributed by atoms with van der Waals surface area (Å²) in [4.78, 5) is 29.3.